The van der Waals surface area contributed by atoms with Crippen molar-refractivity contribution in [2.24, 2.45) is 0 Å². The molecule has 0 aliphatic carbocycles. The number of aryl methyl sites for hydroxylation is 2. The summed E-state index contributed by atoms with van der Waals surface area (Å²) >= 11 is 6.08. The number of hydrogen-bond donors (Lipinski definition) is 1. The minimum absolute atomic E-state index is 0.0721. The fourth-order valence-corrected chi connectivity index (χ4v) is 2.33. The number of benzene rings is 2. The van der Waals surface area contributed by atoms with Gasteiger partial charge in [-0.05, 0) is 49.2 Å². The van der Waals surface area contributed by atoms with Crippen molar-refractivity contribution in [2.75, 3.05) is 19.0 Å². The average Bonchev–Trinajstić information content (AvgIpc) is 2.57. The molecular formula is C17H17ClN2O5. The van der Waals surface area contributed by atoms with Crippen LogP contribution in [0.15, 0.2) is 30.3 Å². The molecule has 132 valence electrons. The Hall–Kier alpha value is -2.80. The van der Waals surface area contributed by atoms with Gasteiger partial charge in [0, 0.05) is 5.02 Å². The lowest BCUT2D eigenvalue weighted by Gasteiger charge is -2.11. The SMILES string of the molecule is COc1ccc(NC(=O)COc2cc(C)c(Cl)c(C)c2)c([N+](=O)[O-])c1. The summed E-state index contributed by atoms with van der Waals surface area (Å²) in [4.78, 5) is 22.6. The Morgan fingerprint density at radius 2 is 1.84 bits per heavy atom. The van der Waals surface area contributed by atoms with E-state index in [2.05, 4.69) is 5.32 Å². The third kappa shape index (κ3) is 4.60. The number of amides is 1. The molecule has 0 heterocycles. The summed E-state index contributed by atoms with van der Waals surface area (Å²) in [5, 5.41) is 14.2. The smallest absolute Gasteiger partial charge is 0.296 e. The van der Waals surface area contributed by atoms with Gasteiger partial charge in [0.25, 0.3) is 11.6 Å². The summed E-state index contributed by atoms with van der Waals surface area (Å²) in [7, 11) is 1.40. The van der Waals surface area contributed by atoms with Crippen molar-refractivity contribution < 1.29 is 19.2 Å². The largest absolute Gasteiger partial charge is 0.496 e. The fraction of sp³-hybridized carbons (Fsp3) is 0.235. The number of rotatable bonds is 6. The zero-order valence-corrected chi connectivity index (χ0v) is 14.7. The Labute approximate surface area is 149 Å². The van der Waals surface area contributed by atoms with Crippen LogP contribution in [0.25, 0.3) is 0 Å². The van der Waals surface area contributed by atoms with E-state index in [1.165, 1.54) is 25.3 Å². The van der Waals surface area contributed by atoms with Gasteiger partial charge in [-0.25, -0.2) is 0 Å². The highest BCUT2D eigenvalue weighted by Gasteiger charge is 2.17. The third-order valence-corrected chi connectivity index (χ3v) is 4.05. The number of hydrogen-bond acceptors (Lipinski definition) is 5. The van der Waals surface area contributed by atoms with Gasteiger partial charge in [0.1, 0.15) is 17.2 Å². The number of anilines is 1. The number of nitro benzene ring substituents is 1. The third-order valence-electron chi connectivity index (χ3n) is 3.46. The molecular weight excluding hydrogens is 348 g/mol. The quantitative estimate of drug-likeness (QED) is 0.620. The van der Waals surface area contributed by atoms with Crippen LogP contribution in [0.3, 0.4) is 0 Å². The molecule has 1 amide bonds. The van der Waals surface area contributed by atoms with Gasteiger partial charge in [0.05, 0.1) is 18.1 Å². The molecule has 0 saturated heterocycles. The van der Waals surface area contributed by atoms with E-state index < -0.39 is 10.8 Å². The van der Waals surface area contributed by atoms with Crippen LogP contribution in [-0.4, -0.2) is 24.5 Å². The number of ether oxygens (including phenoxy) is 2. The first-order chi connectivity index (χ1) is 11.8. The maximum atomic E-state index is 12.0. The molecule has 25 heavy (non-hydrogen) atoms. The monoisotopic (exact) mass is 364 g/mol. The van der Waals surface area contributed by atoms with Crippen LogP contribution < -0.4 is 14.8 Å². The van der Waals surface area contributed by atoms with E-state index in [-0.39, 0.29) is 18.0 Å². The second-order valence-electron chi connectivity index (χ2n) is 5.35. The van der Waals surface area contributed by atoms with Crippen molar-refractivity contribution in [3.05, 3.63) is 56.6 Å². The molecule has 0 aliphatic rings. The molecule has 2 aromatic rings. The van der Waals surface area contributed by atoms with Crippen molar-refractivity contribution >= 4 is 28.9 Å². The standard InChI is InChI=1S/C17H17ClN2O5/c1-10-6-13(7-11(2)17(10)18)25-9-16(21)19-14-5-4-12(24-3)8-15(14)20(22)23/h4-8H,9H2,1-3H3,(H,19,21). The van der Waals surface area contributed by atoms with Crippen molar-refractivity contribution in [2.45, 2.75) is 13.8 Å². The molecule has 0 radical (unpaired) electrons. The minimum atomic E-state index is -0.592. The van der Waals surface area contributed by atoms with Gasteiger partial charge in [0.2, 0.25) is 0 Å². The molecule has 0 spiro atoms. The highest BCUT2D eigenvalue weighted by molar-refractivity contribution is 6.32. The van der Waals surface area contributed by atoms with Gasteiger partial charge < -0.3 is 14.8 Å². The van der Waals surface area contributed by atoms with E-state index in [1.807, 2.05) is 13.8 Å². The first-order valence-electron chi connectivity index (χ1n) is 7.33. The molecule has 0 saturated carbocycles. The molecule has 2 rings (SSSR count). The van der Waals surface area contributed by atoms with Crippen LogP contribution in [0.4, 0.5) is 11.4 Å². The first kappa shape index (κ1) is 18.5. The lowest BCUT2D eigenvalue weighted by Crippen LogP contribution is -2.20. The van der Waals surface area contributed by atoms with Crippen molar-refractivity contribution in [1.82, 2.24) is 0 Å². The van der Waals surface area contributed by atoms with E-state index in [4.69, 9.17) is 21.1 Å². The highest BCUT2D eigenvalue weighted by atomic mass is 35.5. The normalized spacial score (nSPS) is 10.2. The second kappa shape index (κ2) is 7.85. The molecule has 2 aromatic carbocycles. The maximum absolute atomic E-state index is 12.0. The van der Waals surface area contributed by atoms with E-state index in [1.54, 1.807) is 12.1 Å². The van der Waals surface area contributed by atoms with Crippen LogP contribution in [0.1, 0.15) is 11.1 Å². The average molecular weight is 365 g/mol. The van der Waals surface area contributed by atoms with E-state index in [9.17, 15) is 14.9 Å². The first-order valence-corrected chi connectivity index (χ1v) is 7.71. The molecule has 0 bridgehead atoms. The molecule has 0 fully saturated rings. The summed E-state index contributed by atoms with van der Waals surface area (Å²) in [5.74, 6) is 0.311. The van der Waals surface area contributed by atoms with Gasteiger partial charge in [0.15, 0.2) is 6.61 Å². The van der Waals surface area contributed by atoms with E-state index in [0.717, 1.165) is 11.1 Å². The Morgan fingerprint density at radius 1 is 1.20 bits per heavy atom. The molecule has 0 aliphatic heterocycles. The predicted octanol–water partition coefficient (Wildman–Crippen LogP) is 3.89. The molecule has 0 unspecified atom stereocenters. The lowest BCUT2D eigenvalue weighted by molar-refractivity contribution is -0.384. The number of nitro groups is 1. The van der Waals surface area contributed by atoms with Gasteiger partial charge in [-0.1, -0.05) is 11.6 Å². The van der Waals surface area contributed by atoms with Gasteiger partial charge in [-0.3, -0.25) is 14.9 Å². The van der Waals surface area contributed by atoms with Crippen molar-refractivity contribution in [3.63, 3.8) is 0 Å². The number of nitrogens with zero attached hydrogens (tertiary/aromatic N) is 1. The summed E-state index contributed by atoms with van der Waals surface area (Å²) in [6.07, 6.45) is 0. The van der Waals surface area contributed by atoms with Crippen LogP contribution in [-0.2, 0) is 4.79 Å². The van der Waals surface area contributed by atoms with Crippen LogP contribution >= 0.6 is 11.6 Å². The predicted molar refractivity (Wildman–Crippen MR) is 94.7 cm³/mol. The van der Waals surface area contributed by atoms with Crippen LogP contribution in [0.5, 0.6) is 11.5 Å². The Kier molecular flexibility index (Phi) is 5.82. The van der Waals surface area contributed by atoms with Crippen LogP contribution in [0.2, 0.25) is 5.02 Å². The number of carbonyl (C=O) groups is 1. The second-order valence-corrected chi connectivity index (χ2v) is 5.73. The Morgan fingerprint density at radius 3 is 2.40 bits per heavy atom. The molecule has 0 aromatic heterocycles. The van der Waals surface area contributed by atoms with Crippen LogP contribution in [0, 0.1) is 24.0 Å². The maximum Gasteiger partial charge on any atom is 0.296 e. The molecule has 0 atom stereocenters. The van der Waals surface area contributed by atoms with E-state index in [0.29, 0.717) is 16.5 Å². The van der Waals surface area contributed by atoms with E-state index >= 15 is 0 Å². The topological polar surface area (TPSA) is 90.7 Å². The lowest BCUT2D eigenvalue weighted by atomic mass is 10.1. The molecule has 1 N–H and O–H groups in total. The number of carbonyl (C=O) groups excluding carboxylic acids is 1. The van der Waals surface area contributed by atoms with Gasteiger partial charge in [-0.2, -0.15) is 0 Å². The Balaban J connectivity index is 2.07. The Bertz CT molecular complexity index is 800. The van der Waals surface area contributed by atoms with Crippen molar-refractivity contribution in [3.8, 4) is 11.5 Å². The minimum Gasteiger partial charge on any atom is -0.496 e. The molecule has 8 heteroatoms. The number of halogens is 1. The zero-order chi connectivity index (χ0) is 18.6. The summed E-state index contributed by atoms with van der Waals surface area (Å²) in [6.45, 7) is 3.38. The zero-order valence-electron chi connectivity index (χ0n) is 14.0. The van der Waals surface area contributed by atoms with Crippen molar-refractivity contribution in [1.29, 1.82) is 0 Å². The fourth-order valence-electron chi connectivity index (χ4n) is 2.22. The number of nitrogens with one attached hydrogen (secondary N) is 1. The van der Waals surface area contributed by atoms with Gasteiger partial charge in [-0.15, -0.1) is 0 Å². The highest BCUT2D eigenvalue weighted by Crippen LogP contribution is 2.29. The summed E-state index contributed by atoms with van der Waals surface area (Å²) in [5.41, 5.74) is 1.49. The summed E-state index contributed by atoms with van der Waals surface area (Å²) < 4.78 is 10.4. The number of methoxy groups -OCH3 is 1. The van der Waals surface area contributed by atoms with Gasteiger partial charge >= 0.3 is 0 Å². The molecule has 7 nitrogen and oxygen atoms in total. The summed E-state index contributed by atoms with van der Waals surface area (Å²) in [6, 6.07) is 7.61.